The van der Waals surface area contributed by atoms with Crippen molar-refractivity contribution in [2.45, 2.75) is 115 Å². The first kappa shape index (κ1) is 56.2. The lowest BCUT2D eigenvalue weighted by molar-refractivity contribution is -0.175. The highest BCUT2D eigenvalue weighted by Crippen LogP contribution is 2.32. The molecule has 0 amide bonds. The number of hydrogen-bond donors (Lipinski definition) is 10. The molecule has 0 aromatic rings. The summed E-state index contributed by atoms with van der Waals surface area (Å²) >= 11 is 0. The fourth-order valence-electron chi connectivity index (χ4n) is 5.83. The Morgan fingerprint density at radius 1 is 0.817 bits per heavy atom. The molecule has 2 aliphatic rings. The Morgan fingerprint density at radius 3 is 1.58 bits per heavy atom. The van der Waals surface area contributed by atoms with E-state index in [0.29, 0.717) is 6.42 Å². The lowest BCUT2D eigenvalue weighted by atomic mass is 9.87. The molecule has 0 radical (unpaired) electrons. The summed E-state index contributed by atoms with van der Waals surface area (Å²) in [5.41, 5.74) is 21.7. The molecule has 0 saturated carbocycles. The van der Waals surface area contributed by atoms with Gasteiger partial charge < -0.3 is 71.8 Å². The zero-order chi connectivity index (χ0) is 46.5. The van der Waals surface area contributed by atoms with Crippen LogP contribution in [0.3, 0.4) is 0 Å². The maximum absolute atomic E-state index is 12.2. The van der Waals surface area contributed by atoms with Gasteiger partial charge in [0, 0.05) is 39.4 Å². The number of nitrogens with two attached hydrogens (primary N) is 4. The average molecular weight is 861 g/mol. The lowest BCUT2D eigenvalue weighted by Crippen LogP contribution is -2.51. The number of aliphatic carboxylic acids is 2. The number of aliphatic hydroxyl groups is 2. The molecule has 24 nitrogen and oxygen atoms in total. The predicted octanol–water partition coefficient (Wildman–Crippen LogP) is -0.716. The van der Waals surface area contributed by atoms with Crippen LogP contribution in [0.5, 0.6) is 0 Å². The molecule has 0 fully saturated rings. The van der Waals surface area contributed by atoms with Gasteiger partial charge in [0.25, 0.3) is 0 Å². The number of carboxylic acid groups (broad SMARTS) is 2. The molecular weight excluding hydrogens is 800 g/mol. The number of carbonyl (C=O) groups excluding carboxylic acids is 4. The summed E-state index contributed by atoms with van der Waals surface area (Å²) in [6, 6.07) is -1.34. The quantitative estimate of drug-likeness (QED) is 0.0237. The van der Waals surface area contributed by atoms with E-state index in [1.807, 2.05) is 0 Å². The first-order valence-electron chi connectivity index (χ1n) is 18.4. The van der Waals surface area contributed by atoms with Crippen LogP contribution < -0.4 is 22.9 Å². The number of carbonyl (C=O) groups is 4. The number of rotatable bonds is 20. The van der Waals surface area contributed by atoms with Crippen molar-refractivity contribution in [1.82, 2.24) is 0 Å². The molecule has 0 aromatic carbocycles. The number of unbranched alkanes of at least 4 members (excludes halogenated alkanes) is 4. The number of nitrogens with zero attached hydrogens (tertiary/aromatic N) is 2. The Bertz CT molecular complexity index is 1530. The lowest BCUT2D eigenvalue weighted by Gasteiger charge is -2.39. The SMILES string of the molecule is CCCCCCCC(=O)O[C@H](CO)[C@@H](OC)C1OC(C(=O)O)=CC(N=C(N)N)C1C.CO[C@@H](C1OC(C(=O)O)=CC(N=C(N)N)C1C)[C@H](O)COC(C)=O.N=C=O.N=C=O. The van der Waals surface area contributed by atoms with Gasteiger partial charge in [0.15, 0.2) is 18.0 Å². The third kappa shape index (κ3) is 21.2. The fourth-order valence-corrected chi connectivity index (χ4v) is 5.83. The van der Waals surface area contributed by atoms with E-state index in [-0.39, 0.29) is 36.5 Å². The van der Waals surface area contributed by atoms with Crippen LogP contribution in [0.2, 0.25) is 0 Å². The van der Waals surface area contributed by atoms with Crippen LogP contribution in [0.1, 0.15) is 66.2 Å². The van der Waals surface area contributed by atoms with E-state index in [1.54, 1.807) is 13.8 Å². The highest BCUT2D eigenvalue weighted by Gasteiger charge is 2.44. The van der Waals surface area contributed by atoms with E-state index in [0.717, 1.165) is 37.8 Å². The van der Waals surface area contributed by atoms with Crippen molar-refractivity contribution >= 4 is 48.0 Å². The van der Waals surface area contributed by atoms with Crippen molar-refractivity contribution < 1.29 is 77.6 Å². The summed E-state index contributed by atoms with van der Waals surface area (Å²) in [6.45, 7) is 5.97. The molecule has 10 atom stereocenters. The minimum absolute atomic E-state index is 0.198. The monoisotopic (exact) mass is 860 g/mol. The predicted molar refractivity (Wildman–Crippen MR) is 210 cm³/mol. The van der Waals surface area contributed by atoms with Crippen molar-refractivity contribution in [1.29, 1.82) is 10.8 Å². The van der Waals surface area contributed by atoms with E-state index < -0.39 is 91.0 Å². The van der Waals surface area contributed by atoms with E-state index in [9.17, 15) is 39.6 Å². The number of carboxylic acids is 2. The summed E-state index contributed by atoms with van der Waals surface area (Å²) in [6.07, 6.45) is 3.36. The first-order chi connectivity index (χ1) is 28.2. The number of esters is 2. The van der Waals surface area contributed by atoms with Crippen LogP contribution >= 0.6 is 0 Å². The second-order valence-electron chi connectivity index (χ2n) is 13.0. The van der Waals surface area contributed by atoms with Crippen molar-refractivity contribution in [3.63, 3.8) is 0 Å². The number of hydrogen-bond acceptors (Lipinski definition) is 18. The number of guanidine groups is 2. The Morgan fingerprint density at radius 2 is 1.23 bits per heavy atom. The third-order valence-electron chi connectivity index (χ3n) is 8.64. The summed E-state index contributed by atoms with van der Waals surface area (Å²) < 4.78 is 31.9. The van der Waals surface area contributed by atoms with Gasteiger partial charge in [0.2, 0.25) is 23.7 Å². The van der Waals surface area contributed by atoms with E-state index in [2.05, 4.69) is 16.9 Å². The maximum Gasteiger partial charge on any atom is 0.370 e. The molecule has 2 aliphatic heterocycles. The average Bonchev–Trinajstić information content (AvgIpc) is 3.17. The second kappa shape index (κ2) is 31.1. The number of ether oxygens (including phenoxy) is 6. The summed E-state index contributed by atoms with van der Waals surface area (Å²) in [4.78, 5) is 70.6. The van der Waals surface area contributed by atoms with Gasteiger partial charge in [0.1, 0.15) is 37.1 Å². The molecule has 24 heteroatoms. The molecule has 6 unspecified atom stereocenters. The zero-order valence-corrected chi connectivity index (χ0v) is 34.5. The molecule has 60 heavy (non-hydrogen) atoms. The standard InChI is InChI=1S/C20H35N3O7.C14H23N3O7.2CHNO/c1-4-5-6-7-8-9-16(25)29-15(11-24)18(28-3)17-12(2)13(23-20(21)22)10-14(30-17)19(26)27;1-6-8(17-14(15)16)4-10(13(20)21)24-11(6)12(22-3)9(19)5-23-7(2)18;2*2-1-3/h10,12-13,15,17-18,24H,4-9,11H2,1-3H3,(H,26,27)(H4,21,22,23);4,6,8-9,11-12,19H,5H2,1-3H3,(H,20,21)(H4,15,16,17);2*2H/t12?,13?,15-,17?,18-;6?,8?,9-,11?,12-;;/m11../s1. The number of methoxy groups -OCH3 is 2. The van der Waals surface area contributed by atoms with Crippen LogP contribution in [0.25, 0.3) is 0 Å². The minimum atomic E-state index is -1.30. The van der Waals surface area contributed by atoms with Gasteiger partial charge in [-0.2, -0.15) is 0 Å². The molecule has 2 rings (SSSR count). The van der Waals surface area contributed by atoms with Crippen LogP contribution in [-0.4, -0.2) is 145 Å². The molecule has 0 bridgehead atoms. The van der Waals surface area contributed by atoms with E-state index in [1.165, 1.54) is 33.3 Å². The van der Waals surface area contributed by atoms with Crippen molar-refractivity contribution in [3.05, 3.63) is 23.7 Å². The van der Waals surface area contributed by atoms with Crippen molar-refractivity contribution in [2.24, 2.45) is 44.8 Å². The highest BCUT2D eigenvalue weighted by atomic mass is 16.6. The number of nitrogens with one attached hydrogen (secondary N) is 2. The maximum atomic E-state index is 12.2. The normalized spacial score (nSPS) is 22.0. The largest absolute Gasteiger partial charge is 0.480 e. The first-order valence-corrected chi connectivity index (χ1v) is 18.4. The van der Waals surface area contributed by atoms with Gasteiger partial charge in [-0.15, -0.1) is 0 Å². The van der Waals surface area contributed by atoms with Gasteiger partial charge in [-0.25, -0.2) is 40.0 Å². The number of aliphatic imine (C=N–C) groups is 2. The Hall–Kier alpha value is -5.90. The van der Waals surface area contributed by atoms with Crippen LogP contribution in [0, 0.1) is 22.7 Å². The van der Waals surface area contributed by atoms with Crippen molar-refractivity contribution in [2.75, 3.05) is 27.4 Å². The Balaban J connectivity index is 0. The van der Waals surface area contributed by atoms with Crippen molar-refractivity contribution in [3.8, 4) is 0 Å². The summed E-state index contributed by atoms with van der Waals surface area (Å²) in [5, 5.41) is 49.4. The second-order valence-corrected chi connectivity index (χ2v) is 13.0. The molecule has 0 aliphatic carbocycles. The van der Waals surface area contributed by atoms with Gasteiger partial charge in [-0.3, -0.25) is 9.59 Å². The smallest absolute Gasteiger partial charge is 0.370 e. The summed E-state index contributed by atoms with van der Waals surface area (Å²) in [5.74, 6) is -5.53. The molecular formula is C36H60N8O16. The topological polar surface area (TPSA) is 415 Å². The van der Waals surface area contributed by atoms with E-state index in [4.69, 9.17) is 71.8 Å². The van der Waals surface area contributed by atoms with Gasteiger partial charge >= 0.3 is 23.9 Å². The molecule has 2 heterocycles. The van der Waals surface area contributed by atoms with Gasteiger partial charge in [0.05, 0.1) is 18.7 Å². The summed E-state index contributed by atoms with van der Waals surface area (Å²) in [7, 11) is 2.70. The Kier molecular flexibility index (Phi) is 29.1. The van der Waals surface area contributed by atoms with Crippen LogP contribution in [-0.2, 0) is 57.2 Å². The Labute approximate surface area is 346 Å². The van der Waals surface area contributed by atoms with Gasteiger partial charge in [-0.1, -0.05) is 46.5 Å². The molecule has 340 valence electrons. The molecule has 0 aromatic heterocycles. The molecule has 14 N–H and O–H groups in total. The fraction of sp³-hybridized carbons (Fsp3) is 0.667. The molecule has 0 saturated heterocycles. The van der Waals surface area contributed by atoms with Crippen LogP contribution in [0.15, 0.2) is 33.7 Å². The third-order valence-corrected chi connectivity index (χ3v) is 8.64. The van der Waals surface area contributed by atoms with Crippen LogP contribution in [0.4, 0.5) is 0 Å². The zero-order valence-electron chi connectivity index (χ0n) is 34.5. The number of isocyanates is 2. The molecule has 0 spiro atoms. The highest BCUT2D eigenvalue weighted by molar-refractivity contribution is 5.85. The minimum Gasteiger partial charge on any atom is -0.480 e. The van der Waals surface area contributed by atoms with Gasteiger partial charge in [-0.05, 0) is 18.6 Å². The number of aliphatic hydroxyl groups excluding tert-OH is 2. The van der Waals surface area contributed by atoms with E-state index >= 15 is 0 Å².